The van der Waals surface area contributed by atoms with E-state index in [-0.39, 0.29) is 29.8 Å². The molecular weight excluding hydrogens is 374 g/mol. The third-order valence-electron chi connectivity index (χ3n) is 4.07. The second kappa shape index (κ2) is 7.56. The lowest BCUT2D eigenvalue weighted by Gasteiger charge is -2.33. The van der Waals surface area contributed by atoms with Crippen LogP contribution in [0, 0.1) is 0 Å². The Hall–Kier alpha value is -2.23. The van der Waals surface area contributed by atoms with E-state index in [4.69, 9.17) is 0 Å². The lowest BCUT2D eigenvalue weighted by Crippen LogP contribution is -2.50. The summed E-state index contributed by atoms with van der Waals surface area (Å²) in [5.74, 6) is -0.274. The summed E-state index contributed by atoms with van der Waals surface area (Å²) in [6, 6.07) is 9.67. The largest absolute Gasteiger partial charge is 0.335 e. The van der Waals surface area contributed by atoms with Crippen molar-refractivity contribution in [3.63, 3.8) is 0 Å². The zero-order valence-corrected chi connectivity index (χ0v) is 15.8. The van der Waals surface area contributed by atoms with Crippen LogP contribution in [0.2, 0.25) is 0 Å². The molecule has 0 radical (unpaired) electrons. The van der Waals surface area contributed by atoms with Crippen molar-refractivity contribution in [2.45, 2.75) is 11.8 Å². The van der Waals surface area contributed by atoms with Crippen LogP contribution >= 0.6 is 11.3 Å². The van der Waals surface area contributed by atoms with Crippen molar-refractivity contribution in [3.05, 3.63) is 46.7 Å². The number of piperazine rings is 1. The van der Waals surface area contributed by atoms with Gasteiger partial charge in [0.1, 0.15) is 0 Å². The minimum absolute atomic E-state index is 0.0586. The number of anilines is 1. The Labute approximate surface area is 156 Å². The van der Waals surface area contributed by atoms with Crippen LogP contribution in [0.5, 0.6) is 0 Å². The van der Waals surface area contributed by atoms with Gasteiger partial charge in [-0.05, 0) is 35.7 Å². The van der Waals surface area contributed by atoms with Crippen LogP contribution in [0.15, 0.2) is 46.7 Å². The maximum atomic E-state index is 12.8. The van der Waals surface area contributed by atoms with E-state index in [9.17, 15) is 18.0 Å². The highest BCUT2D eigenvalue weighted by Crippen LogP contribution is 2.21. The van der Waals surface area contributed by atoms with E-state index in [0.717, 1.165) is 0 Å². The third kappa shape index (κ3) is 3.95. The Morgan fingerprint density at radius 3 is 2.23 bits per heavy atom. The molecule has 9 heteroatoms. The fourth-order valence-electron chi connectivity index (χ4n) is 2.75. The van der Waals surface area contributed by atoms with Gasteiger partial charge >= 0.3 is 0 Å². The zero-order valence-electron chi connectivity index (χ0n) is 14.2. The minimum Gasteiger partial charge on any atom is -0.335 e. The number of rotatable bonds is 4. The zero-order chi connectivity index (χ0) is 18.7. The van der Waals surface area contributed by atoms with Gasteiger partial charge in [0, 0.05) is 38.8 Å². The van der Waals surface area contributed by atoms with E-state index < -0.39 is 10.0 Å². The first-order valence-electron chi connectivity index (χ1n) is 8.08. The summed E-state index contributed by atoms with van der Waals surface area (Å²) in [4.78, 5) is 25.9. The van der Waals surface area contributed by atoms with Gasteiger partial charge in [0.2, 0.25) is 15.9 Å². The van der Waals surface area contributed by atoms with Crippen molar-refractivity contribution in [1.29, 1.82) is 0 Å². The molecule has 2 heterocycles. The Morgan fingerprint density at radius 2 is 1.69 bits per heavy atom. The Kier molecular flexibility index (Phi) is 5.40. The molecule has 3 rings (SSSR count). The number of hydrogen-bond donors (Lipinski definition) is 1. The summed E-state index contributed by atoms with van der Waals surface area (Å²) >= 11 is 1.38. The van der Waals surface area contributed by atoms with Crippen LogP contribution in [-0.2, 0) is 14.8 Å². The first-order chi connectivity index (χ1) is 12.4. The number of carbonyl (C=O) groups excluding carboxylic acids is 2. The molecule has 1 fully saturated rings. The Bertz CT molecular complexity index is 885. The highest BCUT2D eigenvalue weighted by Gasteiger charge is 2.30. The second-order valence-corrected chi connectivity index (χ2v) is 8.76. The van der Waals surface area contributed by atoms with Gasteiger partial charge in [-0.2, -0.15) is 4.31 Å². The number of nitrogens with one attached hydrogen (secondary N) is 1. The van der Waals surface area contributed by atoms with Gasteiger partial charge in [0.05, 0.1) is 9.77 Å². The molecule has 1 aliphatic heterocycles. The van der Waals surface area contributed by atoms with E-state index >= 15 is 0 Å². The molecule has 2 amide bonds. The van der Waals surface area contributed by atoms with Crippen LogP contribution in [0.4, 0.5) is 5.69 Å². The van der Waals surface area contributed by atoms with E-state index in [1.807, 2.05) is 11.4 Å². The van der Waals surface area contributed by atoms with E-state index in [0.29, 0.717) is 23.7 Å². The van der Waals surface area contributed by atoms with Gasteiger partial charge in [0.25, 0.3) is 5.91 Å². The molecule has 1 aromatic carbocycles. The predicted octanol–water partition coefficient (Wildman–Crippen LogP) is 1.85. The topological polar surface area (TPSA) is 86.8 Å². The highest BCUT2D eigenvalue weighted by atomic mass is 32.2. The molecule has 1 saturated heterocycles. The fraction of sp³-hybridized carbons (Fsp3) is 0.294. The van der Waals surface area contributed by atoms with Crippen LogP contribution in [0.1, 0.15) is 16.6 Å². The fourth-order valence-corrected chi connectivity index (χ4v) is 4.86. The van der Waals surface area contributed by atoms with E-state index in [2.05, 4.69) is 5.32 Å². The van der Waals surface area contributed by atoms with Crippen molar-refractivity contribution < 1.29 is 18.0 Å². The summed E-state index contributed by atoms with van der Waals surface area (Å²) in [7, 11) is -3.62. The summed E-state index contributed by atoms with van der Waals surface area (Å²) in [5, 5.41) is 4.45. The number of hydrogen-bond acceptors (Lipinski definition) is 5. The number of sulfonamides is 1. The lowest BCUT2D eigenvalue weighted by molar-refractivity contribution is -0.114. The summed E-state index contributed by atoms with van der Waals surface area (Å²) in [6.07, 6.45) is 0. The second-order valence-electron chi connectivity index (χ2n) is 5.88. The number of nitrogens with zero attached hydrogens (tertiary/aromatic N) is 2. The van der Waals surface area contributed by atoms with Gasteiger partial charge in [0.15, 0.2) is 0 Å². The average molecular weight is 393 g/mol. The first-order valence-corrected chi connectivity index (χ1v) is 10.4. The van der Waals surface area contributed by atoms with Crippen LogP contribution in [-0.4, -0.2) is 55.6 Å². The highest BCUT2D eigenvalue weighted by molar-refractivity contribution is 7.89. The van der Waals surface area contributed by atoms with Gasteiger partial charge in [-0.1, -0.05) is 6.07 Å². The SMILES string of the molecule is CC(=O)Nc1ccc(S(=O)(=O)N2CCN(C(=O)c3cccs3)CC2)cc1. The first kappa shape index (κ1) is 18.6. The van der Waals surface area contributed by atoms with Crippen molar-refractivity contribution in [1.82, 2.24) is 9.21 Å². The smallest absolute Gasteiger partial charge is 0.264 e. The Morgan fingerprint density at radius 1 is 1.04 bits per heavy atom. The number of carbonyl (C=O) groups is 2. The molecule has 2 aromatic rings. The maximum Gasteiger partial charge on any atom is 0.264 e. The molecule has 0 unspecified atom stereocenters. The van der Waals surface area contributed by atoms with Crippen molar-refractivity contribution >= 4 is 38.9 Å². The minimum atomic E-state index is -3.62. The van der Waals surface area contributed by atoms with Crippen LogP contribution < -0.4 is 5.32 Å². The van der Waals surface area contributed by atoms with Crippen molar-refractivity contribution in [2.75, 3.05) is 31.5 Å². The molecular formula is C17H19N3O4S2. The number of benzene rings is 1. The van der Waals surface area contributed by atoms with Crippen molar-refractivity contribution in [2.24, 2.45) is 0 Å². The molecule has 0 saturated carbocycles. The summed E-state index contributed by atoms with van der Waals surface area (Å²) < 4.78 is 26.9. The summed E-state index contributed by atoms with van der Waals surface area (Å²) in [6.45, 7) is 2.63. The standard InChI is InChI=1S/C17H19N3O4S2/c1-13(21)18-14-4-6-15(7-5-14)26(23,24)20-10-8-19(9-11-20)17(22)16-3-2-12-25-16/h2-7,12H,8-11H2,1H3,(H,18,21). The molecule has 0 aliphatic carbocycles. The van der Waals surface area contributed by atoms with Gasteiger partial charge in [-0.25, -0.2) is 8.42 Å². The summed E-state index contributed by atoms with van der Waals surface area (Å²) in [5.41, 5.74) is 0.544. The Balaban J connectivity index is 1.66. The van der Waals surface area contributed by atoms with Gasteiger partial charge in [-0.15, -0.1) is 11.3 Å². The molecule has 0 bridgehead atoms. The third-order valence-corrected chi connectivity index (χ3v) is 6.84. The maximum absolute atomic E-state index is 12.8. The molecule has 138 valence electrons. The molecule has 1 aliphatic rings. The quantitative estimate of drug-likeness (QED) is 0.859. The number of thiophene rings is 1. The van der Waals surface area contributed by atoms with E-state index in [1.165, 1.54) is 34.7 Å². The lowest BCUT2D eigenvalue weighted by atomic mass is 10.3. The predicted molar refractivity (Wildman–Crippen MR) is 99.7 cm³/mol. The molecule has 0 spiro atoms. The van der Waals surface area contributed by atoms with Gasteiger partial charge < -0.3 is 10.2 Å². The number of amides is 2. The molecule has 1 aromatic heterocycles. The average Bonchev–Trinajstić information content (AvgIpc) is 3.16. The molecule has 1 N–H and O–H groups in total. The molecule has 0 atom stereocenters. The molecule has 26 heavy (non-hydrogen) atoms. The normalized spacial score (nSPS) is 15.7. The van der Waals surface area contributed by atoms with Crippen LogP contribution in [0.25, 0.3) is 0 Å². The van der Waals surface area contributed by atoms with Crippen LogP contribution in [0.3, 0.4) is 0 Å². The van der Waals surface area contributed by atoms with E-state index in [1.54, 1.807) is 23.1 Å². The van der Waals surface area contributed by atoms with Gasteiger partial charge in [-0.3, -0.25) is 9.59 Å². The van der Waals surface area contributed by atoms with Crippen molar-refractivity contribution in [3.8, 4) is 0 Å². The molecule has 7 nitrogen and oxygen atoms in total. The monoisotopic (exact) mass is 393 g/mol.